The maximum atomic E-state index is 12.5. The lowest BCUT2D eigenvalue weighted by Gasteiger charge is -2.13. The highest BCUT2D eigenvalue weighted by Crippen LogP contribution is 2.39. The van der Waals surface area contributed by atoms with Gasteiger partial charge in [0.15, 0.2) is 5.78 Å². The van der Waals surface area contributed by atoms with Gasteiger partial charge in [-0.1, -0.05) is 43.0 Å². The Hall–Kier alpha value is -2.77. The van der Waals surface area contributed by atoms with Crippen LogP contribution in [0, 0.1) is 0 Å². The SMILES string of the molecule is C=C(C)C(=O)c1ccc2c(c1CCN=C=O)Cc1ccccc1-2. The van der Waals surface area contributed by atoms with Crippen LogP contribution in [-0.4, -0.2) is 18.4 Å². The number of hydrogen-bond donors (Lipinski definition) is 0. The summed E-state index contributed by atoms with van der Waals surface area (Å²) in [6.45, 7) is 5.83. The molecule has 0 saturated carbocycles. The largest absolute Gasteiger partial charge is 0.289 e. The number of benzene rings is 2. The lowest BCUT2D eigenvalue weighted by molar-refractivity contribution is 0.103. The molecular formula is C20H17NO2. The minimum absolute atomic E-state index is 0.0474. The van der Waals surface area contributed by atoms with E-state index in [2.05, 4.69) is 23.7 Å². The van der Waals surface area contributed by atoms with Crippen molar-refractivity contribution < 1.29 is 9.59 Å². The molecule has 3 nitrogen and oxygen atoms in total. The lowest BCUT2D eigenvalue weighted by Crippen LogP contribution is -2.08. The van der Waals surface area contributed by atoms with Gasteiger partial charge in [0.05, 0.1) is 6.54 Å². The van der Waals surface area contributed by atoms with Crippen LogP contribution in [-0.2, 0) is 17.6 Å². The summed E-state index contributed by atoms with van der Waals surface area (Å²) in [5, 5.41) is 0. The number of nitrogens with zero attached hydrogens (tertiary/aromatic N) is 1. The minimum Gasteiger partial charge on any atom is -0.289 e. The first kappa shape index (κ1) is 15.1. The molecule has 0 aliphatic heterocycles. The zero-order chi connectivity index (χ0) is 16.4. The zero-order valence-electron chi connectivity index (χ0n) is 13.1. The Morgan fingerprint density at radius 1 is 1.22 bits per heavy atom. The van der Waals surface area contributed by atoms with Gasteiger partial charge >= 0.3 is 0 Å². The molecule has 0 amide bonds. The number of allylic oxidation sites excluding steroid dienone is 1. The third kappa shape index (κ3) is 2.67. The van der Waals surface area contributed by atoms with Crippen molar-refractivity contribution in [1.29, 1.82) is 0 Å². The molecule has 2 aromatic rings. The predicted octanol–water partition coefficient (Wildman–Crippen LogP) is 3.89. The number of fused-ring (bicyclic) bond motifs is 3. The molecule has 0 atom stereocenters. The van der Waals surface area contributed by atoms with Gasteiger partial charge in [0.1, 0.15) is 0 Å². The van der Waals surface area contributed by atoms with Crippen LogP contribution in [0.5, 0.6) is 0 Å². The van der Waals surface area contributed by atoms with Crippen molar-refractivity contribution in [3.05, 3.63) is 70.8 Å². The summed E-state index contributed by atoms with van der Waals surface area (Å²) in [6, 6.07) is 12.2. The molecule has 0 spiro atoms. The first-order valence-corrected chi connectivity index (χ1v) is 7.60. The molecule has 3 rings (SSSR count). The van der Waals surface area contributed by atoms with Gasteiger partial charge in [-0.3, -0.25) is 4.79 Å². The fourth-order valence-electron chi connectivity index (χ4n) is 3.22. The summed E-state index contributed by atoms with van der Waals surface area (Å²) in [5.74, 6) is -0.0474. The summed E-state index contributed by atoms with van der Waals surface area (Å²) in [5.41, 5.74) is 6.99. The number of rotatable bonds is 5. The van der Waals surface area contributed by atoms with E-state index in [-0.39, 0.29) is 5.78 Å². The normalized spacial score (nSPS) is 11.3. The van der Waals surface area contributed by atoms with Gasteiger partial charge < -0.3 is 0 Å². The van der Waals surface area contributed by atoms with E-state index < -0.39 is 0 Å². The van der Waals surface area contributed by atoms with E-state index in [1.54, 1.807) is 13.0 Å². The number of isocyanates is 1. The second-order valence-electron chi connectivity index (χ2n) is 5.78. The first-order valence-electron chi connectivity index (χ1n) is 7.60. The third-order valence-electron chi connectivity index (χ3n) is 4.28. The van der Waals surface area contributed by atoms with Gasteiger partial charge in [-0.2, -0.15) is 0 Å². The second kappa shape index (κ2) is 6.15. The van der Waals surface area contributed by atoms with E-state index in [4.69, 9.17) is 0 Å². The van der Waals surface area contributed by atoms with E-state index in [1.165, 1.54) is 22.3 Å². The predicted molar refractivity (Wildman–Crippen MR) is 90.5 cm³/mol. The average molecular weight is 303 g/mol. The van der Waals surface area contributed by atoms with E-state index in [1.807, 2.05) is 24.3 Å². The molecule has 0 radical (unpaired) electrons. The van der Waals surface area contributed by atoms with Crippen molar-refractivity contribution in [2.24, 2.45) is 4.99 Å². The van der Waals surface area contributed by atoms with Crippen LogP contribution in [0.3, 0.4) is 0 Å². The topological polar surface area (TPSA) is 46.5 Å². The van der Waals surface area contributed by atoms with Crippen LogP contribution >= 0.6 is 0 Å². The number of carbonyl (C=O) groups excluding carboxylic acids is 2. The van der Waals surface area contributed by atoms with Gasteiger partial charge in [-0.25, -0.2) is 9.79 Å². The van der Waals surface area contributed by atoms with Crippen LogP contribution in [0.2, 0.25) is 0 Å². The average Bonchev–Trinajstić information content (AvgIpc) is 2.93. The minimum atomic E-state index is -0.0474. The number of ketones is 1. The molecule has 0 fully saturated rings. The molecule has 114 valence electrons. The molecule has 0 bridgehead atoms. The number of carbonyl (C=O) groups is 1. The van der Waals surface area contributed by atoms with E-state index in [9.17, 15) is 9.59 Å². The Morgan fingerprint density at radius 3 is 2.74 bits per heavy atom. The van der Waals surface area contributed by atoms with Crippen molar-refractivity contribution in [2.45, 2.75) is 19.8 Å². The van der Waals surface area contributed by atoms with Crippen molar-refractivity contribution in [3.63, 3.8) is 0 Å². The van der Waals surface area contributed by atoms with Crippen molar-refractivity contribution in [1.82, 2.24) is 0 Å². The number of Topliss-reactive ketones (excluding diaryl/α,β-unsaturated/α-hetero) is 1. The maximum absolute atomic E-state index is 12.5. The second-order valence-corrected chi connectivity index (χ2v) is 5.78. The van der Waals surface area contributed by atoms with Gasteiger partial charge in [-0.15, -0.1) is 0 Å². The fraction of sp³-hybridized carbons (Fsp3) is 0.200. The van der Waals surface area contributed by atoms with Gasteiger partial charge in [0.2, 0.25) is 6.08 Å². The quantitative estimate of drug-likeness (QED) is 0.311. The summed E-state index contributed by atoms with van der Waals surface area (Å²) in [4.78, 5) is 26.5. The van der Waals surface area contributed by atoms with E-state index >= 15 is 0 Å². The molecule has 0 aromatic heterocycles. The van der Waals surface area contributed by atoms with Gasteiger partial charge in [0.25, 0.3) is 0 Å². The fourth-order valence-corrected chi connectivity index (χ4v) is 3.22. The summed E-state index contributed by atoms with van der Waals surface area (Å²) in [6.07, 6.45) is 2.93. The highest BCUT2D eigenvalue weighted by molar-refractivity contribution is 6.09. The molecule has 0 saturated heterocycles. The summed E-state index contributed by atoms with van der Waals surface area (Å²) < 4.78 is 0. The molecule has 2 aromatic carbocycles. The molecular weight excluding hydrogens is 286 g/mol. The Labute approximate surface area is 135 Å². The smallest absolute Gasteiger partial charge is 0.234 e. The molecule has 23 heavy (non-hydrogen) atoms. The Bertz CT molecular complexity index is 858. The summed E-state index contributed by atoms with van der Waals surface area (Å²) in [7, 11) is 0. The maximum Gasteiger partial charge on any atom is 0.234 e. The number of aliphatic imine (C=N–C) groups is 1. The van der Waals surface area contributed by atoms with Crippen LogP contribution in [0.25, 0.3) is 11.1 Å². The molecule has 0 unspecified atom stereocenters. The lowest BCUT2D eigenvalue weighted by atomic mass is 9.90. The zero-order valence-corrected chi connectivity index (χ0v) is 13.1. The Morgan fingerprint density at radius 2 is 2.00 bits per heavy atom. The summed E-state index contributed by atoms with van der Waals surface area (Å²) >= 11 is 0. The number of hydrogen-bond acceptors (Lipinski definition) is 3. The standard InChI is InChI=1S/C20H17NO2/c1-13(2)20(23)18-8-7-16-15-6-4-3-5-14(15)11-19(16)17(18)9-10-21-12-22/h3-8H,1,9-11H2,2H3. The molecule has 3 heteroatoms. The van der Waals surface area contributed by atoms with E-state index in [0.29, 0.717) is 24.1 Å². The van der Waals surface area contributed by atoms with Crippen molar-refractivity contribution >= 4 is 11.9 Å². The molecule has 1 aliphatic carbocycles. The Balaban J connectivity index is 2.14. The van der Waals surface area contributed by atoms with Crippen LogP contribution in [0.15, 0.2) is 53.5 Å². The molecule has 1 aliphatic rings. The molecule has 0 heterocycles. The van der Waals surface area contributed by atoms with Crippen LogP contribution in [0.4, 0.5) is 0 Å². The highest BCUT2D eigenvalue weighted by Gasteiger charge is 2.24. The first-order chi connectivity index (χ1) is 11.1. The highest BCUT2D eigenvalue weighted by atomic mass is 16.1. The molecule has 0 N–H and O–H groups in total. The van der Waals surface area contributed by atoms with Crippen LogP contribution in [0.1, 0.15) is 34.0 Å². The van der Waals surface area contributed by atoms with Crippen LogP contribution < -0.4 is 0 Å². The van der Waals surface area contributed by atoms with Gasteiger partial charge in [0, 0.05) is 5.56 Å². The van der Waals surface area contributed by atoms with Crippen molar-refractivity contribution in [2.75, 3.05) is 6.54 Å². The monoisotopic (exact) mass is 303 g/mol. The van der Waals surface area contributed by atoms with Crippen molar-refractivity contribution in [3.8, 4) is 11.1 Å². The van der Waals surface area contributed by atoms with Gasteiger partial charge in [-0.05, 0) is 53.2 Å². The Kier molecular flexibility index (Phi) is 4.05. The third-order valence-corrected chi connectivity index (χ3v) is 4.28. The van der Waals surface area contributed by atoms with E-state index in [0.717, 1.165) is 12.0 Å².